The van der Waals surface area contributed by atoms with Gasteiger partial charge in [-0.25, -0.2) is 4.39 Å². The summed E-state index contributed by atoms with van der Waals surface area (Å²) in [6, 6.07) is 4.96. The standard InChI is InChI=1S/C16H23FN2O3S/c1-4-19(2)14-6-5-12(9-13(14)17)10-18-15(20)7-8-23-11-16(21)22-3/h5-6,9H,4,7-8,10-11H2,1-3H3,(H,18,20). The predicted octanol–water partition coefficient (Wildman–Crippen LogP) is 2.19. The molecule has 0 bridgehead atoms. The Bertz CT molecular complexity index is 540. The number of ether oxygens (including phenoxy) is 1. The Morgan fingerprint density at radius 3 is 2.74 bits per heavy atom. The first kappa shape index (κ1) is 19.3. The highest BCUT2D eigenvalue weighted by Crippen LogP contribution is 2.19. The van der Waals surface area contributed by atoms with Gasteiger partial charge in [0.1, 0.15) is 5.82 Å². The number of carbonyl (C=O) groups excluding carboxylic acids is 2. The number of rotatable bonds is 9. The second kappa shape index (κ2) is 10.1. The number of esters is 1. The van der Waals surface area contributed by atoms with Gasteiger partial charge in [0, 0.05) is 32.3 Å². The minimum Gasteiger partial charge on any atom is -0.468 e. The van der Waals surface area contributed by atoms with Crippen molar-refractivity contribution < 1.29 is 18.7 Å². The Kier molecular flexibility index (Phi) is 8.47. The molecule has 23 heavy (non-hydrogen) atoms. The fourth-order valence-electron chi connectivity index (χ4n) is 1.81. The topological polar surface area (TPSA) is 58.6 Å². The van der Waals surface area contributed by atoms with Crippen molar-refractivity contribution in [1.82, 2.24) is 5.32 Å². The van der Waals surface area contributed by atoms with E-state index in [9.17, 15) is 14.0 Å². The molecule has 1 aromatic rings. The normalized spacial score (nSPS) is 10.3. The molecule has 5 nitrogen and oxygen atoms in total. The van der Waals surface area contributed by atoms with Crippen LogP contribution in [0.15, 0.2) is 18.2 Å². The van der Waals surface area contributed by atoms with E-state index in [1.54, 1.807) is 12.1 Å². The molecule has 1 N–H and O–H groups in total. The molecule has 0 aromatic heterocycles. The minimum absolute atomic E-state index is 0.127. The van der Waals surface area contributed by atoms with Crippen LogP contribution in [0, 0.1) is 5.82 Å². The van der Waals surface area contributed by atoms with Crippen LogP contribution in [0.2, 0.25) is 0 Å². The molecule has 0 atom stereocenters. The summed E-state index contributed by atoms with van der Waals surface area (Å²) in [5.74, 6) is 0.0481. The summed E-state index contributed by atoms with van der Waals surface area (Å²) in [6.45, 7) is 2.95. The molecule has 0 unspecified atom stereocenters. The molecular weight excluding hydrogens is 319 g/mol. The van der Waals surface area contributed by atoms with Gasteiger partial charge in [0.05, 0.1) is 18.6 Å². The van der Waals surface area contributed by atoms with Gasteiger partial charge in [0.25, 0.3) is 0 Å². The lowest BCUT2D eigenvalue weighted by molar-refractivity contribution is -0.137. The van der Waals surface area contributed by atoms with E-state index in [1.807, 2.05) is 18.9 Å². The summed E-state index contributed by atoms with van der Waals surface area (Å²) < 4.78 is 18.5. The van der Waals surface area contributed by atoms with E-state index in [0.717, 1.165) is 6.54 Å². The third-order valence-corrected chi connectivity index (χ3v) is 4.24. The van der Waals surface area contributed by atoms with Gasteiger partial charge in [-0.15, -0.1) is 11.8 Å². The van der Waals surface area contributed by atoms with E-state index in [0.29, 0.717) is 23.4 Å². The second-order valence-electron chi connectivity index (χ2n) is 4.96. The van der Waals surface area contributed by atoms with E-state index in [1.165, 1.54) is 24.9 Å². The molecule has 128 valence electrons. The first-order chi connectivity index (χ1) is 11.0. The van der Waals surface area contributed by atoms with Crippen LogP contribution in [0.4, 0.5) is 10.1 Å². The molecule has 0 aliphatic rings. The third kappa shape index (κ3) is 6.90. The Balaban J connectivity index is 2.36. The molecular formula is C16H23FN2O3S. The zero-order chi connectivity index (χ0) is 17.2. The van der Waals surface area contributed by atoms with Crippen molar-refractivity contribution >= 4 is 29.3 Å². The monoisotopic (exact) mass is 342 g/mol. The molecule has 0 aliphatic carbocycles. The maximum atomic E-state index is 14.0. The minimum atomic E-state index is -0.303. The first-order valence-corrected chi connectivity index (χ1v) is 8.54. The molecule has 0 spiro atoms. The molecule has 1 aromatic carbocycles. The van der Waals surface area contributed by atoms with Crippen LogP contribution >= 0.6 is 11.8 Å². The highest BCUT2D eigenvalue weighted by Gasteiger charge is 2.08. The molecule has 0 fully saturated rings. The molecule has 0 radical (unpaired) electrons. The summed E-state index contributed by atoms with van der Waals surface area (Å²) >= 11 is 1.35. The second-order valence-corrected chi connectivity index (χ2v) is 6.06. The lowest BCUT2D eigenvalue weighted by Gasteiger charge is -2.18. The van der Waals surface area contributed by atoms with Crippen LogP contribution in [0.3, 0.4) is 0 Å². The molecule has 0 aliphatic heterocycles. The lowest BCUT2D eigenvalue weighted by atomic mass is 10.2. The quantitative estimate of drug-likeness (QED) is 0.551. The molecule has 1 amide bonds. The van der Waals surface area contributed by atoms with Crippen molar-refractivity contribution in [3.8, 4) is 0 Å². The Hall–Kier alpha value is -1.76. The SMILES string of the molecule is CCN(C)c1ccc(CNC(=O)CCSCC(=O)OC)cc1F. The number of hydrogen-bond acceptors (Lipinski definition) is 5. The zero-order valence-electron chi connectivity index (χ0n) is 13.7. The van der Waals surface area contributed by atoms with Crippen molar-refractivity contribution in [3.05, 3.63) is 29.6 Å². The van der Waals surface area contributed by atoms with E-state index in [4.69, 9.17) is 0 Å². The van der Waals surface area contributed by atoms with E-state index in [2.05, 4.69) is 10.1 Å². The van der Waals surface area contributed by atoms with Crippen LogP contribution in [0.25, 0.3) is 0 Å². The van der Waals surface area contributed by atoms with E-state index < -0.39 is 0 Å². The van der Waals surface area contributed by atoms with Gasteiger partial charge in [-0.2, -0.15) is 0 Å². The van der Waals surface area contributed by atoms with E-state index in [-0.39, 0.29) is 30.0 Å². The Morgan fingerprint density at radius 1 is 1.39 bits per heavy atom. The zero-order valence-corrected chi connectivity index (χ0v) is 14.5. The highest BCUT2D eigenvalue weighted by atomic mass is 32.2. The van der Waals surface area contributed by atoms with Gasteiger partial charge in [-0.1, -0.05) is 6.07 Å². The largest absolute Gasteiger partial charge is 0.468 e. The average Bonchev–Trinajstić information content (AvgIpc) is 2.55. The van der Waals surface area contributed by atoms with Crippen molar-refractivity contribution in [2.24, 2.45) is 0 Å². The molecule has 0 heterocycles. The highest BCUT2D eigenvalue weighted by molar-refractivity contribution is 7.99. The maximum Gasteiger partial charge on any atom is 0.315 e. The number of benzene rings is 1. The summed E-state index contributed by atoms with van der Waals surface area (Å²) in [5.41, 5.74) is 1.26. The van der Waals surface area contributed by atoms with Crippen molar-refractivity contribution in [2.75, 3.05) is 37.1 Å². The van der Waals surface area contributed by atoms with E-state index >= 15 is 0 Å². The number of amides is 1. The summed E-state index contributed by atoms with van der Waals surface area (Å²) in [4.78, 5) is 24.4. The fourth-order valence-corrected chi connectivity index (χ4v) is 2.57. The van der Waals surface area contributed by atoms with Gasteiger partial charge in [0.15, 0.2) is 0 Å². The average molecular weight is 342 g/mol. The number of hydrogen-bond donors (Lipinski definition) is 1. The Morgan fingerprint density at radius 2 is 2.13 bits per heavy atom. The van der Waals surface area contributed by atoms with Crippen molar-refractivity contribution in [1.29, 1.82) is 0 Å². The van der Waals surface area contributed by atoms with Gasteiger partial charge in [-0.05, 0) is 24.6 Å². The number of carbonyl (C=O) groups is 2. The van der Waals surface area contributed by atoms with Gasteiger partial charge < -0.3 is 15.0 Å². The third-order valence-electron chi connectivity index (χ3n) is 3.31. The van der Waals surface area contributed by atoms with Crippen LogP contribution in [-0.2, 0) is 20.9 Å². The lowest BCUT2D eigenvalue weighted by Crippen LogP contribution is -2.23. The molecule has 7 heteroatoms. The number of methoxy groups -OCH3 is 1. The summed E-state index contributed by atoms with van der Waals surface area (Å²) in [6.07, 6.45) is 0.306. The van der Waals surface area contributed by atoms with Gasteiger partial charge in [-0.3, -0.25) is 9.59 Å². The summed E-state index contributed by atoms with van der Waals surface area (Å²) in [5, 5.41) is 2.74. The fraction of sp³-hybridized carbons (Fsp3) is 0.500. The van der Waals surface area contributed by atoms with Crippen LogP contribution in [-0.4, -0.2) is 44.1 Å². The van der Waals surface area contributed by atoms with Crippen LogP contribution < -0.4 is 10.2 Å². The molecule has 0 saturated carbocycles. The Labute approximate surface area is 140 Å². The summed E-state index contributed by atoms with van der Waals surface area (Å²) in [7, 11) is 3.16. The van der Waals surface area contributed by atoms with Crippen molar-refractivity contribution in [2.45, 2.75) is 19.9 Å². The number of halogens is 1. The smallest absolute Gasteiger partial charge is 0.315 e. The van der Waals surface area contributed by atoms with Gasteiger partial charge >= 0.3 is 5.97 Å². The molecule has 0 saturated heterocycles. The van der Waals surface area contributed by atoms with Crippen LogP contribution in [0.1, 0.15) is 18.9 Å². The van der Waals surface area contributed by atoms with Crippen molar-refractivity contribution in [3.63, 3.8) is 0 Å². The van der Waals surface area contributed by atoms with Crippen LogP contribution in [0.5, 0.6) is 0 Å². The first-order valence-electron chi connectivity index (χ1n) is 7.38. The number of nitrogens with zero attached hydrogens (tertiary/aromatic N) is 1. The maximum absolute atomic E-state index is 14.0. The van der Waals surface area contributed by atoms with Gasteiger partial charge in [0.2, 0.25) is 5.91 Å². The molecule has 1 rings (SSSR count). The predicted molar refractivity (Wildman–Crippen MR) is 91.1 cm³/mol. The number of thioether (sulfide) groups is 1. The number of nitrogens with one attached hydrogen (secondary N) is 1. The number of anilines is 1.